The topological polar surface area (TPSA) is 68.5 Å². The van der Waals surface area contributed by atoms with E-state index in [9.17, 15) is 4.79 Å². The largest absolute Gasteiger partial charge is 0.457 e. The molecule has 1 atom stereocenters. The summed E-state index contributed by atoms with van der Waals surface area (Å²) in [6.07, 6.45) is 1.84. The van der Waals surface area contributed by atoms with Crippen molar-refractivity contribution in [3.05, 3.63) is 71.9 Å². The first kappa shape index (κ1) is 17.3. The molecule has 1 aliphatic rings. The molecular weight excluding hydrogens is 342 g/mol. The fourth-order valence-electron chi connectivity index (χ4n) is 3.36. The fraction of sp³-hybridized carbons (Fsp3) is 0.286. The third-order valence-electron chi connectivity index (χ3n) is 4.69. The summed E-state index contributed by atoms with van der Waals surface area (Å²) in [5.74, 6) is 2.53. The number of piperidine rings is 1. The van der Waals surface area contributed by atoms with E-state index in [1.807, 2.05) is 53.4 Å². The van der Waals surface area contributed by atoms with Gasteiger partial charge in [-0.05, 0) is 44.0 Å². The Morgan fingerprint density at radius 2 is 1.93 bits per heavy atom. The zero-order valence-electron chi connectivity index (χ0n) is 15.2. The molecule has 1 unspecified atom stereocenters. The van der Waals surface area contributed by atoms with Gasteiger partial charge in [0.25, 0.3) is 5.91 Å². The molecule has 3 aromatic rings. The molecule has 0 saturated carbocycles. The first-order chi connectivity index (χ1) is 13.2. The Kier molecular flexibility index (Phi) is 4.87. The number of para-hydroxylation sites is 2. The van der Waals surface area contributed by atoms with Crippen LogP contribution in [0.4, 0.5) is 0 Å². The molecular formula is C21H21N3O3. The smallest absolute Gasteiger partial charge is 0.257 e. The third-order valence-corrected chi connectivity index (χ3v) is 4.69. The summed E-state index contributed by atoms with van der Waals surface area (Å²) < 4.78 is 11.3. The number of aryl methyl sites for hydroxylation is 1. The Balaban J connectivity index is 1.54. The molecule has 2 aromatic carbocycles. The van der Waals surface area contributed by atoms with Crippen LogP contribution in [0.5, 0.6) is 11.5 Å². The van der Waals surface area contributed by atoms with Crippen LogP contribution in [0.15, 0.2) is 59.1 Å². The standard InChI is InChI=1S/C21H21N3O3/c1-15-22-20(27-23-15)16-8-7-13-24(14-16)21(25)18-11-5-6-12-19(18)26-17-9-3-2-4-10-17/h2-6,9-12,16H,7-8,13-14H2,1H3. The van der Waals surface area contributed by atoms with Gasteiger partial charge in [-0.3, -0.25) is 4.79 Å². The van der Waals surface area contributed by atoms with E-state index >= 15 is 0 Å². The van der Waals surface area contributed by atoms with Gasteiger partial charge in [0, 0.05) is 13.1 Å². The minimum Gasteiger partial charge on any atom is -0.457 e. The number of carbonyl (C=O) groups is 1. The highest BCUT2D eigenvalue weighted by Crippen LogP contribution is 2.30. The van der Waals surface area contributed by atoms with Gasteiger partial charge >= 0.3 is 0 Å². The number of carbonyl (C=O) groups excluding carboxylic acids is 1. The maximum absolute atomic E-state index is 13.2. The van der Waals surface area contributed by atoms with E-state index in [4.69, 9.17) is 9.26 Å². The third kappa shape index (κ3) is 3.84. The minimum absolute atomic E-state index is 0.0394. The van der Waals surface area contributed by atoms with Gasteiger partial charge in [-0.2, -0.15) is 4.98 Å². The summed E-state index contributed by atoms with van der Waals surface area (Å²) >= 11 is 0. The van der Waals surface area contributed by atoms with Gasteiger partial charge < -0.3 is 14.2 Å². The molecule has 0 aliphatic carbocycles. The van der Waals surface area contributed by atoms with Gasteiger partial charge in [0.15, 0.2) is 5.82 Å². The molecule has 1 fully saturated rings. The molecule has 0 spiro atoms. The highest BCUT2D eigenvalue weighted by atomic mass is 16.5. The average Bonchev–Trinajstić information content (AvgIpc) is 3.15. The maximum atomic E-state index is 13.2. The number of amides is 1. The Labute approximate surface area is 157 Å². The van der Waals surface area contributed by atoms with Crippen LogP contribution in [0.2, 0.25) is 0 Å². The van der Waals surface area contributed by atoms with Crippen molar-refractivity contribution < 1.29 is 14.1 Å². The van der Waals surface area contributed by atoms with E-state index in [-0.39, 0.29) is 11.8 Å². The van der Waals surface area contributed by atoms with Gasteiger partial charge in [-0.1, -0.05) is 35.5 Å². The van der Waals surface area contributed by atoms with Gasteiger partial charge in [0.05, 0.1) is 11.5 Å². The molecule has 1 aliphatic heterocycles. The van der Waals surface area contributed by atoms with E-state index in [0.29, 0.717) is 41.9 Å². The Morgan fingerprint density at radius 1 is 1.15 bits per heavy atom. The maximum Gasteiger partial charge on any atom is 0.257 e. The monoisotopic (exact) mass is 363 g/mol. The second-order valence-electron chi connectivity index (χ2n) is 6.68. The van der Waals surface area contributed by atoms with Crippen LogP contribution >= 0.6 is 0 Å². The molecule has 6 heteroatoms. The summed E-state index contributed by atoms with van der Waals surface area (Å²) in [5, 5.41) is 3.87. The summed E-state index contributed by atoms with van der Waals surface area (Å²) in [6.45, 7) is 3.08. The highest BCUT2D eigenvalue weighted by Gasteiger charge is 2.30. The molecule has 2 heterocycles. The lowest BCUT2D eigenvalue weighted by molar-refractivity contribution is 0.0693. The van der Waals surface area contributed by atoms with Crippen LogP contribution in [0.3, 0.4) is 0 Å². The second-order valence-corrected chi connectivity index (χ2v) is 6.68. The van der Waals surface area contributed by atoms with Crippen LogP contribution in [-0.4, -0.2) is 34.0 Å². The normalized spacial score (nSPS) is 16.9. The van der Waals surface area contributed by atoms with Crippen molar-refractivity contribution in [2.45, 2.75) is 25.7 Å². The molecule has 4 rings (SSSR count). The molecule has 0 N–H and O–H groups in total. The lowest BCUT2D eigenvalue weighted by Crippen LogP contribution is -2.39. The van der Waals surface area contributed by atoms with Gasteiger partial charge in [0.1, 0.15) is 11.5 Å². The van der Waals surface area contributed by atoms with Crippen LogP contribution in [-0.2, 0) is 0 Å². The van der Waals surface area contributed by atoms with Crippen LogP contribution in [0.25, 0.3) is 0 Å². The number of aromatic nitrogens is 2. The van der Waals surface area contributed by atoms with Crippen LogP contribution < -0.4 is 4.74 Å². The summed E-state index contributed by atoms with van der Waals surface area (Å²) in [5.41, 5.74) is 0.559. The van der Waals surface area contributed by atoms with E-state index < -0.39 is 0 Å². The lowest BCUT2D eigenvalue weighted by Gasteiger charge is -2.31. The zero-order valence-corrected chi connectivity index (χ0v) is 15.2. The van der Waals surface area contributed by atoms with E-state index in [1.54, 1.807) is 13.0 Å². The summed E-state index contributed by atoms with van der Waals surface area (Å²) in [7, 11) is 0. The summed E-state index contributed by atoms with van der Waals surface area (Å²) in [6, 6.07) is 16.8. The number of hydrogen-bond acceptors (Lipinski definition) is 5. The number of nitrogens with zero attached hydrogens (tertiary/aromatic N) is 3. The number of likely N-dealkylation sites (tertiary alicyclic amines) is 1. The Bertz CT molecular complexity index is 923. The number of ether oxygens (including phenoxy) is 1. The number of rotatable bonds is 4. The molecule has 138 valence electrons. The lowest BCUT2D eigenvalue weighted by atomic mass is 9.97. The predicted molar refractivity (Wildman–Crippen MR) is 99.9 cm³/mol. The van der Waals surface area contributed by atoms with Crippen molar-refractivity contribution in [3.8, 4) is 11.5 Å². The van der Waals surface area contributed by atoms with Gasteiger partial charge in [-0.15, -0.1) is 0 Å². The molecule has 1 saturated heterocycles. The quantitative estimate of drug-likeness (QED) is 0.695. The van der Waals surface area contributed by atoms with Crippen molar-refractivity contribution in [1.29, 1.82) is 0 Å². The number of benzene rings is 2. The highest BCUT2D eigenvalue weighted by molar-refractivity contribution is 5.97. The van der Waals surface area contributed by atoms with Crippen molar-refractivity contribution in [2.24, 2.45) is 0 Å². The average molecular weight is 363 g/mol. The Morgan fingerprint density at radius 3 is 2.70 bits per heavy atom. The van der Waals surface area contributed by atoms with E-state index in [2.05, 4.69) is 10.1 Å². The Hall–Kier alpha value is -3.15. The van der Waals surface area contributed by atoms with Gasteiger partial charge in [0.2, 0.25) is 5.89 Å². The minimum atomic E-state index is -0.0394. The van der Waals surface area contributed by atoms with Crippen LogP contribution in [0, 0.1) is 6.92 Å². The SMILES string of the molecule is Cc1noc(C2CCCN(C(=O)c3ccccc3Oc3ccccc3)C2)n1. The summed E-state index contributed by atoms with van der Waals surface area (Å²) in [4.78, 5) is 19.4. The van der Waals surface area contributed by atoms with Crippen molar-refractivity contribution in [2.75, 3.05) is 13.1 Å². The van der Waals surface area contributed by atoms with Crippen LogP contribution in [0.1, 0.15) is 40.8 Å². The van der Waals surface area contributed by atoms with E-state index in [1.165, 1.54) is 0 Å². The molecule has 27 heavy (non-hydrogen) atoms. The first-order valence-corrected chi connectivity index (χ1v) is 9.12. The van der Waals surface area contributed by atoms with Crippen molar-refractivity contribution in [3.63, 3.8) is 0 Å². The molecule has 0 radical (unpaired) electrons. The first-order valence-electron chi connectivity index (χ1n) is 9.12. The molecule has 6 nitrogen and oxygen atoms in total. The number of hydrogen-bond donors (Lipinski definition) is 0. The fourth-order valence-corrected chi connectivity index (χ4v) is 3.36. The zero-order chi connectivity index (χ0) is 18.6. The van der Waals surface area contributed by atoms with Crippen molar-refractivity contribution in [1.82, 2.24) is 15.0 Å². The predicted octanol–water partition coefficient (Wildman–Crippen LogP) is 4.19. The van der Waals surface area contributed by atoms with Crippen molar-refractivity contribution >= 4 is 5.91 Å². The second kappa shape index (κ2) is 7.61. The van der Waals surface area contributed by atoms with Gasteiger partial charge in [-0.25, -0.2) is 0 Å². The molecule has 0 bridgehead atoms. The molecule has 1 aromatic heterocycles. The molecule has 1 amide bonds. The van der Waals surface area contributed by atoms with E-state index in [0.717, 1.165) is 12.8 Å².